The molecule has 12 heteroatoms. The van der Waals surface area contributed by atoms with E-state index in [4.69, 9.17) is 14.2 Å². The molecule has 368 valence electrons. The summed E-state index contributed by atoms with van der Waals surface area (Å²) in [6.07, 6.45) is 31.8. The maximum absolute atomic E-state index is 13.0. The standard InChI is InChI=1S/C50H98N2O10/c1-4-6-8-10-12-14-16-18-19-20-21-22-23-24-25-26-28-30-32-34-36-38-44(54)52-50(59)51-41(39-61-49-48(58)47(57)46(56)43(62-49)40-60-3)45(55)42(53)37-35-33-31-29-27-17-15-13-11-9-7-5-2/h41-43,45-49,53,55-58H,4-40H2,1-3H3,(H2,51,52,54,59)/t41?,42?,43-,45?,46+,47+,48-,49+/m1/s1. The van der Waals surface area contributed by atoms with Crippen LogP contribution in [0.4, 0.5) is 4.79 Å². The zero-order valence-electron chi connectivity index (χ0n) is 40.1. The first-order valence-corrected chi connectivity index (χ1v) is 25.9. The Kier molecular flexibility index (Phi) is 38.9. The van der Waals surface area contributed by atoms with Crippen LogP contribution in [0.1, 0.15) is 239 Å². The number of amides is 3. The Morgan fingerprint density at radius 1 is 0.548 bits per heavy atom. The van der Waals surface area contributed by atoms with Gasteiger partial charge in [0.25, 0.3) is 0 Å². The van der Waals surface area contributed by atoms with Gasteiger partial charge in [-0.25, -0.2) is 4.79 Å². The normalized spacial score (nSPS) is 20.5. The number of urea groups is 1. The number of aliphatic hydroxyl groups is 5. The fourth-order valence-corrected chi connectivity index (χ4v) is 8.52. The van der Waals surface area contributed by atoms with E-state index in [1.165, 1.54) is 168 Å². The summed E-state index contributed by atoms with van der Waals surface area (Å²) in [7, 11) is 1.40. The molecule has 1 fully saturated rings. The predicted molar refractivity (Wildman–Crippen MR) is 250 cm³/mol. The molecule has 1 heterocycles. The van der Waals surface area contributed by atoms with Gasteiger partial charge in [-0.05, 0) is 12.8 Å². The number of methoxy groups -OCH3 is 1. The highest BCUT2D eigenvalue weighted by Crippen LogP contribution is 2.24. The largest absolute Gasteiger partial charge is 0.390 e. The Balaban J connectivity index is 2.36. The summed E-state index contributed by atoms with van der Waals surface area (Å²) in [6, 6.07) is -2.01. The zero-order valence-corrected chi connectivity index (χ0v) is 40.1. The number of rotatable bonds is 43. The molecule has 0 bridgehead atoms. The van der Waals surface area contributed by atoms with Crippen LogP contribution in [0.3, 0.4) is 0 Å². The fourth-order valence-electron chi connectivity index (χ4n) is 8.52. The second kappa shape index (κ2) is 41.1. The first-order chi connectivity index (χ1) is 30.2. The summed E-state index contributed by atoms with van der Waals surface area (Å²) in [5, 5.41) is 58.2. The molecule has 0 aromatic rings. The van der Waals surface area contributed by atoms with Crippen LogP contribution in [0.15, 0.2) is 0 Å². The van der Waals surface area contributed by atoms with E-state index in [2.05, 4.69) is 24.5 Å². The summed E-state index contributed by atoms with van der Waals surface area (Å²) < 4.78 is 16.4. The van der Waals surface area contributed by atoms with Crippen molar-refractivity contribution in [2.75, 3.05) is 20.3 Å². The van der Waals surface area contributed by atoms with Gasteiger partial charge in [0.15, 0.2) is 6.29 Å². The van der Waals surface area contributed by atoms with E-state index in [0.717, 1.165) is 38.5 Å². The highest BCUT2D eigenvalue weighted by molar-refractivity contribution is 5.94. The lowest BCUT2D eigenvalue weighted by molar-refractivity contribution is -0.304. The molecule has 8 atom stereocenters. The monoisotopic (exact) mass is 887 g/mol. The molecule has 1 aliphatic rings. The molecule has 12 nitrogen and oxygen atoms in total. The predicted octanol–water partition coefficient (Wildman–Crippen LogP) is 10.1. The van der Waals surface area contributed by atoms with Crippen LogP contribution >= 0.6 is 0 Å². The second-order valence-electron chi connectivity index (χ2n) is 18.5. The van der Waals surface area contributed by atoms with Gasteiger partial charge >= 0.3 is 6.03 Å². The SMILES string of the molecule is CCCCCCCCCCCCCCCCCCCCCCCC(=O)NC(=O)NC(CO[C@H]1O[C@H](COC)[C@H](O)[C@H](O)[C@H]1O)C(O)C(O)CCCCCCCCCCCCCC. The van der Waals surface area contributed by atoms with Gasteiger partial charge in [-0.3, -0.25) is 10.1 Å². The Morgan fingerprint density at radius 2 is 0.935 bits per heavy atom. The van der Waals surface area contributed by atoms with Crippen molar-refractivity contribution in [3.63, 3.8) is 0 Å². The van der Waals surface area contributed by atoms with Crippen LogP contribution in [0.2, 0.25) is 0 Å². The van der Waals surface area contributed by atoms with Gasteiger partial charge in [-0.1, -0.05) is 219 Å². The molecule has 0 aliphatic carbocycles. The van der Waals surface area contributed by atoms with Gasteiger partial charge in [0, 0.05) is 13.5 Å². The van der Waals surface area contributed by atoms with Crippen molar-refractivity contribution in [1.29, 1.82) is 0 Å². The molecular weight excluding hydrogens is 789 g/mol. The third kappa shape index (κ3) is 30.7. The molecule has 0 radical (unpaired) electrons. The van der Waals surface area contributed by atoms with E-state index in [-0.39, 0.29) is 13.0 Å². The lowest BCUT2D eigenvalue weighted by Crippen LogP contribution is -2.60. The summed E-state index contributed by atoms with van der Waals surface area (Å²) in [5.41, 5.74) is 0. The second-order valence-corrected chi connectivity index (χ2v) is 18.5. The third-order valence-electron chi connectivity index (χ3n) is 12.7. The number of unbranched alkanes of at least 4 members (excludes halogenated alkanes) is 31. The number of imide groups is 1. The Hall–Kier alpha value is -1.38. The highest BCUT2D eigenvalue weighted by Gasteiger charge is 2.45. The first-order valence-electron chi connectivity index (χ1n) is 25.9. The number of hydrogen-bond acceptors (Lipinski definition) is 10. The minimum Gasteiger partial charge on any atom is -0.390 e. The van der Waals surface area contributed by atoms with E-state index in [0.29, 0.717) is 19.3 Å². The maximum atomic E-state index is 13.0. The molecule has 0 spiro atoms. The molecule has 1 aliphatic heterocycles. The van der Waals surface area contributed by atoms with Crippen molar-refractivity contribution in [2.45, 2.75) is 288 Å². The number of hydrogen-bond donors (Lipinski definition) is 7. The highest BCUT2D eigenvalue weighted by atomic mass is 16.7. The minimum atomic E-state index is -1.62. The third-order valence-corrected chi connectivity index (χ3v) is 12.7. The number of aliphatic hydroxyl groups excluding tert-OH is 5. The number of ether oxygens (including phenoxy) is 3. The number of carbonyl (C=O) groups is 2. The molecule has 62 heavy (non-hydrogen) atoms. The van der Waals surface area contributed by atoms with Crippen LogP contribution in [-0.2, 0) is 19.0 Å². The smallest absolute Gasteiger partial charge is 0.321 e. The minimum absolute atomic E-state index is 0.0725. The van der Waals surface area contributed by atoms with Crippen molar-refractivity contribution in [2.24, 2.45) is 0 Å². The number of nitrogens with one attached hydrogen (secondary N) is 2. The summed E-state index contributed by atoms with van der Waals surface area (Å²) in [4.78, 5) is 25.6. The summed E-state index contributed by atoms with van der Waals surface area (Å²) >= 11 is 0. The van der Waals surface area contributed by atoms with Crippen LogP contribution < -0.4 is 10.6 Å². The van der Waals surface area contributed by atoms with E-state index < -0.39 is 67.5 Å². The summed E-state index contributed by atoms with van der Waals surface area (Å²) in [5.74, 6) is -0.433. The molecule has 0 aromatic carbocycles. The van der Waals surface area contributed by atoms with Gasteiger partial charge < -0.3 is 45.1 Å². The average Bonchev–Trinajstić information content (AvgIpc) is 3.26. The van der Waals surface area contributed by atoms with Crippen molar-refractivity contribution in [1.82, 2.24) is 10.6 Å². The first kappa shape index (κ1) is 58.6. The van der Waals surface area contributed by atoms with Crippen LogP contribution in [-0.4, -0.2) is 107 Å². The maximum Gasteiger partial charge on any atom is 0.321 e. The molecule has 0 aromatic heterocycles. The van der Waals surface area contributed by atoms with Gasteiger partial charge in [0.2, 0.25) is 5.91 Å². The lowest BCUT2D eigenvalue weighted by atomic mass is 9.98. The summed E-state index contributed by atoms with van der Waals surface area (Å²) in [6.45, 7) is 4.02. The van der Waals surface area contributed by atoms with Crippen LogP contribution in [0, 0.1) is 0 Å². The molecule has 7 N–H and O–H groups in total. The average molecular weight is 887 g/mol. The van der Waals surface area contributed by atoms with Gasteiger partial charge in [0.05, 0.1) is 25.4 Å². The van der Waals surface area contributed by atoms with Crippen LogP contribution in [0.5, 0.6) is 0 Å². The van der Waals surface area contributed by atoms with E-state index in [1.54, 1.807) is 0 Å². The molecule has 3 amide bonds. The Labute approximate surface area is 378 Å². The molecule has 0 saturated carbocycles. The van der Waals surface area contributed by atoms with Crippen molar-refractivity contribution in [3.8, 4) is 0 Å². The van der Waals surface area contributed by atoms with Crippen molar-refractivity contribution < 1.29 is 49.3 Å². The molecule has 1 saturated heterocycles. The zero-order chi connectivity index (χ0) is 45.5. The topological polar surface area (TPSA) is 187 Å². The van der Waals surface area contributed by atoms with E-state index in [1.807, 2.05) is 0 Å². The molecule has 3 unspecified atom stereocenters. The lowest BCUT2D eigenvalue weighted by Gasteiger charge is -2.40. The van der Waals surface area contributed by atoms with Gasteiger partial charge in [-0.2, -0.15) is 0 Å². The Morgan fingerprint density at radius 3 is 1.34 bits per heavy atom. The van der Waals surface area contributed by atoms with Crippen LogP contribution in [0.25, 0.3) is 0 Å². The van der Waals surface area contributed by atoms with Gasteiger partial charge in [0.1, 0.15) is 30.5 Å². The van der Waals surface area contributed by atoms with Gasteiger partial charge in [-0.15, -0.1) is 0 Å². The van der Waals surface area contributed by atoms with Crippen molar-refractivity contribution >= 4 is 11.9 Å². The number of carbonyl (C=O) groups excluding carboxylic acids is 2. The Bertz CT molecular complexity index is 1020. The fraction of sp³-hybridized carbons (Fsp3) is 0.960. The van der Waals surface area contributed by atoms with Crippen molar-refractivity contribution in [3.05, 3.63) is 0 Å². The van der Waals surface area contributed by atoms with E-state index in [9.17, 15) is 35.1 Å². The van der Waals surface area contributed by atoms with E-state index >= 15 is 0 Å². The molecular formula is C50H98N2O10. The quantitative estimate of drug-likeness (QED) is 0.0291. The molecule has 1 rings (SSSR count).